The number of anilines is 2. The van der Waals surface area contributed by atoms with Gasteiger partial charge in [0.2, 0.25) is 5.95 Å². The van der Waals surface area contributed by atoms with Gasteiger partial charge in [0.25, 0.3) is 0 Å². The van der Waals surface area contributed by atoms with Crippen molar-refractivity contribution >= 4 is 33.3 Å². The molecule has 2 aromatic heterocycles. The van der Waals surface area contributed by atoms with Crippen LogP contribution in [0.3, 0.4) is 0 Å². The van der Waals surface area contributed by atoms with Crippen LogP contribution in [0.5, 0.6) is 0 Å². The van der Waals surface area contributed by atoms with Crippen molar-refractivity contribution in [2.45, 2.75) is 13.8 Å². The van der Waals surface area contributed by atoms with Crippen LogP contribution in [0.15, 0.2) is 11.4 Å². The molecule has 0 bridgehead atoms. The molecule has 1 aliphatic heterocycles. The van der Waals surface area contributed by atoms with Gasteiger partial charge in [-0.1, -0.05) is 13.8 Å². The molecule has 0 spiro atoms. The Morgan fingerprint density at radius 3 is 2.67 bits per heavy atom. The third kappa shape index (κ3) is 3.11. The summed E-state index contributed by atoms with van der Waals surface area (Å²) in [5, 5.41) is 6.34. The minimum absolute atomic E-state index is 0.713. The predicted molar refractivity (Wildman–Crippen MR) is 90.5 cm³/mol. The molecular weight excluding hydrogens is 282 g/mol. The van der Waals surface area contributed by atoms with Gasteiger partial charge in [-0.2, -0.15) is 4.98 Å². The van der Waals surface area contributed by atoms with Crippen molar-refractivity contribution in [2.75, 3.05) is 50.0 Å². The summed E-state index contributed by atoms with van der Waals surface area (Å²) in [6.07, 6.45) is 0. The predicted octanol–water partition coefficient (Wildman–Crippen LogP) is 2.51. The molecule has 0 amide bonds. The second-order valence-electron chi connectivity index (χ2n) is 5.94. The van der Waals surface area contributed by atoms with Crippen molar-refractivity contribution < 1.29 is 0 Å². The second kappa shape index (κ2) is 6.15. The van der Waals surface area contributed by atoms with Crippen LogP contribution in [0.1, 0.15) is 13.8 Å². The Morgan fingerprint density at radius 2 is 2.00 bits per heavy atom. The van der Waals surface area contributed by atoms with Crippen LogP contribution in [0.4, 0.5) is 11.8 Å². The maximum absolute atomic E-state index is 4.69. The Kier molecular flexibility index (Phi) is 4.26. The van der Waals surface area contributed by atoms with E-state index in [4.69, 9.17) is 4.98 Å². The van der Waals surface area contributed by atoms with Crippen molar-refractivity contribution in [1.29, 1.82) is 0 Å². The summed E-state index contributed by atoms with van der Waals surface area (Å²) in [6.45, 7) is 10.1. The lowest BCUT2D eigenvalue weighted by molar-refractivity contribution is 0.231. The van der Waals surface area contributed by atoms with E-state index in [0.29, 0.717) is 5.95 Å². The van der Waals surface area contributed by atoms with Crippen molar-refractivity contribution in [3.63, 3.8) is 0 Å². The van der Waals surface area contributed by atoms with Crippen LogP contribution in [-0.2, 0) is 0 Å². The monoisotopic (exact) mass is 305 g/mol. The molecule has 1 N–H and O–H groups in total. The summed E-state index contributed by atoms with van der Waals surface area (Å²) in [5.41, 5.74) is 0. The number of hydrogen-bond acceptors (Lipinski definition) is 6. The Labute approximate surface area is 130 Å². The molecule has 114 valence electrons. The molecule has 3 rings (SSSR count). The van der Waals surface area contributed by atoms with E-state index < -0.39 is 0 Å². The van der Waals surface area contributed by atoms with E-state index >= 15 is 0 Å². The van der Waals surface area contributed by atoms with E-state index in [1.165, 1.54) is 11.9 Å². The van der Waals surface area contributed by atoms with Crippen LogP contribution in [0.2, 0.25) is 0 Å². The van der Waals surface area contributed by atoms with Gasteiger partial charge in [0.1, 0.15) is 10.6 Å². The Morgan fingerprint density at radius 1 is 1.24 bits per heavy atom. The fourth-order valence-corrected chi connectivity index (χ4v) is 3.61. The van der Waals surface area contributed by atoms with Gasteiger partial charge in [0, 0.05) is 39.8 Å². The van der Waals surface area contributed by atoms with Crippen LogP contribution in [-0.4, -0.2) is 54.6 Å². The van der Waals surface area contributed by atoms with Gasteiger partial charge in [-0.05, 0) is 17.4 Å². The van der Waals surface area contributed by atoms with E-state index in [-0.39, 0.29) is 0 Å². The highest BCUT2D eigenvalue weighted by molar-refractivity contribution is 7.16. The molecule has 0 unspecified atom stereocenters. The van der Waals surface area contributed by atoms with E-state index in [1.807, 2.05) is 7.05 Å². The third-order valence-corrected chi connectivity index (χ3v) is 4.63. The number of rotatable bonds is 4. The van der Waals surface area contributed by atoms with Crippen molar-refractivity contribution in [3.8, 4) is 0 Å². The molecule has 21 heavy (non-hydrogen) atoms. The quantitative estimate of drug-likeness (QED) is 0.940. The molecule has 0 atom stereocenters. The van der Waals surface area contributed by atoms with Crippen LogP contribution >= 0.6 is 11.3 Å². The molecule has 0 aromatic carbocycles. The normalized spacial score (nSPS) is 16.9. The van der Waals surface area contributed by atoms with Crippen molar-refractivity contribution in [2.24, 2.45) is 5.92 Å². The third-order valence-electron chi connectivity index (χ3n) is 3.82. The number of nitrogens with one attached hydrogen (secondary N) is 1. The molecule has 0 aliphatic carbocycles. The van der Waals surface area contributed by atoms with E-state index in [2.05, 4.69) is 45.4 Å². The molecule has 6 heteroatoms. The zero-order valence-electron chi connectivity index (χ0n) is 13.0. The number of fused-ring (bicyclic) bond motifs is 1. The zero-order valence-corrected chi connectivity index (χ0v) is 13.8. The average Bonchev–Trinajstić information content (AvgIpc) is 2.94. The lowest BCUT2D eigenvalue weighted by atomic mass is 10.2. The number of nitrogens with zero attached hydrogens (tertiary/aromatic N) is 4. The Hall–Kier alpha value is -1.40. The molecule has 3 heterocycles. The van der Waals surface area contributed by atoms with Crippen LogP contribution < -0.4 is 10.2 Å². The summed E-state index contributed by atoms with van der Waals surface area (Å²) in [6, 6.07) is 2.13. The highest BCUT2D eigenvalue weighted by Crippen LogP contribution is 2.29. The van der Waals surface area contributed by atoms with Gasteiger partial charge >= 0.3 is 0 Å². The molecule has 0 saturated carbocycles. The second-order valence-corrected chi connectivity index (χ2v) is 6.84. The molecule has 1 saturated heterocycles. The topological polar surface area (TPSA) is 44.3 Å². The van der Waals surface area contributed by atoms with E-state index in [1.54, 1.807) is 11.3 Å². The molecule has 5 nitrogen and oxygen atoms in total. The first-order valence-electron chi connectivity index (χ1n) is 7.57. The number of thiophene rings is 1. The van der Waals surface area contributed by atoms with Crippen LogP contribution in [0.25, 0.3) is 10.2 Å². The summed E-state index contributed by atoms with van der Waals surface area (Å²) in [4.78, 5) is 15.2. The fraction of sp³-hybridized carbons (Fsp3) is 0.600. The molecular formula is C15H23N5S. The summed E-state index contributed by atoms with van der Waals surface area (Å²) in [7, 11) is 1.87. The lowest BCUT2D eigenvalue weighted by Crippen LogP contribution is -2.47. The molecule has 0 radical (unpaired) electrons. The van der Waals surface area contributed by atoms with Gasteiger partial charge in [-0.15, -0.1) is 11.3 Å². The standard InChI is InChI=1S/C15H23N5S/c1-11(2)10-19-5-7-20(8-6-19)13-12-4-9-21-14(12)18-15(16-3)17-13/h4,9,11H,5-8,10H2,1-3H3,(H,16,17,18). The largest absolute Gasteiger partial charge is 0.357 e. The molecule has 1 fully saturated rings. The van der Waals surface area contributed by atoms with Gasteiger partial charge in [0.05, 0.1) is 5.39 Å². The van der Waals surface area contributed by atoms with E-state index in [0.717, 1.165) is 42.7 Å². The Balaban J connectivity index is 1.80. The fourth-order valence-electron chi connectivity index (χ4n) is 2.85. The van der Waals surface area contributed by atoms with Crippen molar-refractivity contribution in [1.82, 2.24) is 14.9 Å². The van der Waals surface area contributed by atoms with Gasteiger partial charge in [0.15, 0.2) is 0 Å². The number of piperazine rings is 1. The maximum atomic E-state index is 4.69. The van der Waals surface area contributed by atoms with Gasteiger partial charge in [-0.3, -0.25) is 4.90 Å². The summed E-state index contributed by atoms with van der Waals surface area (Å²) in [5.74, 6) is 2.52. The summed E-state index contributed by atoms with van der Waals surface area (Å²) >= 11 is 1.68. The minimum atomic E-state index is 0.713. The molecule has 1 aliphatic rings. The van der Waals surface area contributed by atoms with Gasteiger partial charge < -0.3 is 10.2 Å². The number of aromatic nitrogens is 2. The zero-order chi connectivity index (χ0) is 14.8. The molecule has 2 aromatic rings. The van der Waals surface area contributed by atoms with E-state index in [9.17, 15) is 0 Å². The van der Waals surface area contributed by atoms with Gasteiger partial charge in [-0.25, -0.2) is 4.98 Å². The van der Waals surface area contributed by atoms with Crippen LogP contribution in [0, 0.1) is 5.92 Å². The SMILES string of the molecule is CNc1nc(N2CCN(CC(C)C)CC2)c2ccsc2n1. The smallest absolute Gasteiger partial charge is 0.225 e. The first-order chi connectivity index (χ1) is 10.2. The number of hydrogen-bond donors (Lipinski definition) is 1. The summed E-state index contributed by atoms with van der Waals surface area (Å²) < 4.78 is 0. The Bertz CT molecular complexity index is 601. The lowest BCUT2D eigenvalue weighted by Gasteiger charge is -2.36. The maximum Gasteiger partial charge on any atom is 0.225 e. The first-order valence-corrected chi connectivity index (χ1v) is 8.45. The highest BCUT2D eigenvalue weighted by Gasteiger charge is 2.21. The minimum Gasteiger partial charge on any atom is -0.357 e. The average molecular weight is 305 g/mol. The van der Waals surface area contributed by atoms with Crippen molar-refractivity contribution in [3.05, 3.63) is 11.4 Å². The highest BCUT2D eigenvalue weighted by atomic mass is 32.1. The first kappa shape index (κ1) is 14.5.